The zero-order chi connectivity index (χ0) is 21.1. The first-order chi connectivity index (χ1) is 14.5. The average Bonchev–Trinajstić information content (AvgIpc) is 3.37. The van der Waals surface area contributed by atoms with E-state index in [4.69, 9.17) is 0 Å². The van der Waals surface area contributed by atoms with Crippen LogP contribution >= 0.6 is 0 Å². The maximum atomic E-state index is 13.4. The molecule has 1 atom stereocenters. The Hall–Kier alpha value is -2.78. The molecule has 9 heteroatoms. The van der Waals surface area contributed by atoms with Crippen LogP contribution in [0.15, 0.2) is 53.8 Å². The summed E-state index contributed by atoms with van der Waals surface area (Å²) in [4.78, 5) is 9.08. The Labute approximate surface area is 177 Å². The van der Waals surface area contributed by atoms with E-state index in [-0.39, 0.29) is 10.9 Å². The van der Waals surface area contributed by atoms with Crippen LogP contribution in [0.25, 0.3) is 0 Å². The molecular formula is C21H26N6O2S. The van der Waals surface area contributed by atoms with E-state index in [1.165, 1.54) is 0 Å². The number of nitrogens with one attached hydrogen (secondary N) is 1. The summed E-state index contributed by atoms with van der Waals surface area (Å²) in [6.07, 6.45) is 7.54. The Kier molecular flexibility index (Phi) is 5.83. The standard InChI is InChI=1S/C21H26N6O2S/c1-3-12-26-15-20(16(2)25-26)30(28,29)27-13-6-7-19(27)18-10-9-17(14-23-18)24-21-8-4-5-11-22-21/h4-5,8-11,14-15,19H,3,6-7,12-13H2,1-2H3,(H,22,24)/t19-/m0/s1. The Morgan fingerprint density at radius 2 is 2.07 bits per heavy atom. The predicted molar refractivity (Wildman–Crippen MR) is 115 cm³/mol. The van der Waals surface area contributed by atoms with Gasteiger partial charge in [-0.2, -0.15) is 9.40 Å². The molecule has 30 heavy (non-hydrogen) atoms. The molecular weight excluding hydrogens is 400 g/mol. The fourth-order valence-corrected chi connectivity index (χ4v) is 5.65. The molecule has 1 aliphatic heterocycles. The quantitative estimate of drug-likeness (QED) is 0.620. The third-order valence-electron chi connectivity index (χ3n) is 5.21. The van der Waals surface area contributed by atoms with Crippen molar-refractivity contribution in [2.45, 2.75) is 50.6 Å². The predicted octanol–water partition coefficient (Wildman–Crippen LogP) is 3.66. The van der Waals surface area contributed by atoms with Gasteiger partial charge in [-0.25, -0.2) is 13.4 Å². The number of pyridine rings is 2. The number of sulfonamides is 1. The highest BCUT2D eigenvalue weighted by Gasteiger charge is 2.38. The number of aryl methyl sites for hydroxylation is 2. The van der Waals surface area contributed by atoms with Crippen LogP contribution in [-0.4, -0.2) is 39.0 Å². The summed E-state index contributed by atoms with van der Waals surface area (Å²) in [5.41, 5.74) is 2.10. The second-order valence-electron chi connectivity index (χ2n) is 7.43. The Bertz CT molecular complexity index is 1100. The third-order valence-corrected chi connectivity index (χ3v) is 7.22. The molecule has 0 unspecified atom stereocenters. The highest BCUT2D eigenvalue weighted by atomic mass is 32.2. The summed E-state index contributed by atoms with van der Waals surface area (Å²) in [7, 11) is -3.64. The van der Waals surface area contributed by atoms with Gasteiger partial charge in [-0.1, -0.05) is 13.0 Å². The highest BCUT2D eigenvalue weighted by Crippen LogP contribution is 2.36. The SMILES string of the molecule is CCCn1cc(S(=O)(=O)N2CCC[C@H]2c2ccc(Nc3ccccn3)cn2)c(C)n1. The van der Waals surface area contributed by atoms with E-state index < -0.39 is 10.0 Å². The number of rotatable bonds is 7. The van der Waals surface area contributed by atoms with E-state index in [1.54, 1.807) is 34.5 Å². The molecule has 0 radical (unpaired) electrons. The normalized spacial score (nSPS) is 17.3. The topological polar surface area (TPSA) is 93.0 Å². The minimum absolute atomic E-state index is 0.271. The number of aromatic nitrogens is 4. The van der Waals surface area contributed by atoms with Gasteiger partial charge in [0.25, 0.3) is 0 Å². The van der Waals surface area contributed by atoms with Gasteiger partial charge in [-0.15, -0.1) is 0 Å². The fourth-order valence-electron chi connectivity index (χ4n) is 3.81. The van der Waals surface area contributed by atoms with Gasteiger partial charge in [-0.3, -0.25) is 9.67 Å². The molecule has 0 saturated carbocycles. The lowest BCUT2D eigenvalue weighted by Crippen LogP contribution is -2.31. The maximum Gasteiger partial charge on any atom is 0.247 e. The summed E-state index contributed by atoms with van der Waals surface area (Å²) in [6.45, 7) is 4.98. The highest BCUT2D eigenvalue weighted by molar-refractivity contribution is 7.89. The van der Waals surface area contributed by atoms with Gasteiger partial charge in [0.2, 0.25) is 10.0 Å². The summed E-state index contributed by atoms with van der Waals surface area (Å²) < 4.78 is 30.1. The van der Waals surface area contributed by atoms with Gasteiger partial charge in [0.1, 0.15) is 10.7 Å². The van der Waals surface area contributed by atoms with Crippen LogP contribution in [0.5, 0.6) is 0 Å². The Morgan fingerprint density at radius 3 is 2.77 bits per heavy atom. The van der Waals surface area contributed by atoms with Crippen molar-refractivity contribution in [1.82, 2.24) is 24.1 Å². The molecule has 8 nitrogen and oxygen atoms in total. The van der Waals surface area contributed by atoms with Gasteiger partial charge in [0.15, 0.2) is 0 Å². The van der Waals surface area contributed by atoms with E-state index in [9.17, 15) is 8.42 Å². The first-order valence-corrected chi connectivity index (χ1v) is 11.6. The van der Waals surface area contributed by atoms with Crippen LogP contribution in [0.4, 0.5) is 11.5 Å². The van der Waals surface area contributed by atoms with Gasteiger partial charge in [0.05, 0.1) is 29.3 Å². The van der Waals surface area contributed by atoms with E-state index >= 15 is 0 Å². The second-order valence-corrected chi connectivity index (χ2v) is 9.29. The van der Waals surface area contributed by atoms with E-state index in [1.807, 2.05) is 37.3 Å². The lowest BCUT2D eigenvalue weighted by Gasteiger charge is -2.23. The zero-order valence-corrected chi connectivity index (χ0v) is 18.0. The molecule has 1 N–H and O–H groups in total. The summed E-state index contributed by atoms with van der Waals surface area (Å²) in [6, 6.07) is 9.16. The first-order valence-electron chi connectivity index (χ1n) is 10.2. The van der Waals surface area contributed by atoms with Crippen LogP contribution < -0.4 is 5.32 Å². The number of nitrogens with zero attached hydrogens (tertiary/aromatic N) is 5. The van der Waals surface area contributed by atoms with Crippen molar-refractivity contribution >= 4 is 21.5 Å². The zero-order valence-electron chi connectivity index (χ0n) is 17.2. The molecule has 0 aliphatic carbocycles. The molecule has 4 rings (SSSR count). The Morgan fingerprint density at radius 1 is 1.20 bits per heavy atom. The van der Waals surface area contributed by atoms with Gasteiger partial charge in [0, 0.05) is 25.5 Å². The minimum atomic E-state index is -3.64. The van der Waals surface area contributed by atoms with Gasteiger partial charge in [-0.05, 0) is 50.5 Å². The minimum Gasteiger partial charge on any atom is -0.339 e. The van der Waals surface area contributed by atoms with Crippen LogP contribution in [0.1, 0.15) is 43.6 Å². The molecule has 158 valence electrons. The van der Waals surface area contributed by atoms with Crippen molar-refractivity contribution in [1.29, 1.82) is 0 Å². The number of hydrogen-bond acceptors (Lipinski definition) is 6. The van der Waals surface area contributed by atoms with Crippen LogP contribution in [0.3, 0.4) is 0 Å². The van der Waals surface area contributed by atoms with Gasteiger partial charge >= 0.3 is 0 Å². The summed E-state index contributed by atoms with van der Waals surface area (Å²) in [5.74, 6) is 0.733. The second kappa shape index (κ2) is 8.53. The lowest BCUT2D eigenvalue weighted by molar-refractivity contribution is 0.390. The molecule has 1 fully saturated rings. The first kappa shape index (κ1) is 20.5. The lowest BCUT2D eigenvalue weighted by atomic mass is 10.1. The van der Waals surface area contributed by atoms with Crippen molar-refractivity contribution in [2.24, 2.45) is 0 Å². The smallest absolute Gasteiger partial charge is 0.247 e. The van der Waals surface area contributed by atoms with Crippen molar-refractivity contribution in [2.75, 3.05) is 11.9 Å². The van der Waals surface area contributed by atoms with E-state index in [0.29, 0.717) is 18.8 Å². The molecule has 3 aromatic heterocycles. The van der Waals surface area contributed by atoms with Crippen LogP contribution in [-0.2, 0) is 16.6 Å². The van der Waals surface area contributed by atoms with Crippen LogP contribution in [0, 0.1) is 6.92 Å². The fraction of sp³-hybridized carbons (Fsp3) is 0.381. The van der Waals surface area contributed by atoms with Crippen molar-refractivity contribution < 1.29 is 8.42 Å². The van der Waals surface area contributed by atoms with Gasteiger partial charge < -0.3 is 5.32 Å². The van der Waals surface area contributed by atoms with Crippen molar-refractivity contribution in [3.8, 4) is 0 Å². The summed E-state index contributed by atoms with van der Waals surface area (Å²) in [5, 5.41) is 7.56. The summed E-state index contributed by atoms with van der Waals surface area (Å²) >= 11 is 0. The van der Waals surface area contributed by atoms with Crippen LogP contribution in [0.2, 0.25) is 0 Å². The molecule has 1 saturated heterocycles. The molecule has 3 aromatic rings. The number of hydrogen-bond donors (Lipinski definition) is 1. The Balaban J connectivity index is 1.56. The average molecular weight is 427 g/mol. The molecule has 4 heterocycles. The molecule has 0 bridgehead atoms. The van der Waals surface area contributed by atoms with E-state index in [2.05, 4.69) is 20.4 Å². The number of anilines is 2. The molecule has 1 aliphatic rings. The molecule has 0 amide bonds. The van der Waals surface area contributed by atoms with E-state index in [0.717, 1.165) is 36.5 Å². The monoisotopic (exact) mass is 426 g/mol. The largest absolute Gasteiger partial charge is 0.339 e. The molecule has 0 spiro atoms. The molecule has 0 aromatic carbocycles. The third kappa shape index (κ3) is 4.08. The maximum absolute atomic E-state index is 13.4. The van der Waals surface area contributed by atoms with Crippen molar-refractivity contribution in [3.05, 3.63) is 60.3 Å². The van der Waals surface area contributed by atoms with Crippen molar-refractivity contribution in [3.63, 3.8) is 0 Å².